The number of likely N-dealkylation sites (tertiary alicyclic amines) is 1. The van der Waals surface area contributed by atoms with Crippen molar-refractivity contribution in [1.29, 1.82) is 0 Å². The molecule has 2 N–H and O–H groups in total. The van der Waals surface area contributed by atoms with Crippen molar-refractivity contribution >= 4 is 11.8 Å². The number of aliphatic imine (C=N–C) groups is 1. The predicted molar refractivity (Wildman–Crippen MR) is 91.0 cm³/mol. The summed E-state index contributed by atoms with van der Waals surface area (Å²) in [4.78, 5) is 13.6. The summed E-state index contributed by atoms with van der Waals surface area (Å²) in [6.45, 7) is 7.25. The van der Waals surface area contributed by atoms with Gasteiger partial charge in [-0.15, -0.1) is 0 Å². The number of anilines is 1. The zero-order chi connectivity index (χ0) is 15.4. The van der Waals surface area contributed by atoms with E-state index >= 15 is 0 Å². The molecular weight excluding hydrogens is 274 g/mol. The smallest absolute Gasteiger partial charge is 0.191 e. The fraction of sp³-hybridized carbons (Fsp3) is 0.647. The van der Waals surface area contributed by atoms with Crippen LogP contribution in [-0.2, 0) is 6.54 Å². The summed E-state index contributed by atoms with van der Waals surface area (Å²) in [7, 11) is 0. The minimum absolute atomic E-state index is 0.640. The van der Waals surface area contributed by atoms with Crippen molar-refractivity contribution in [3.8, 4) is 0 Å². The predicted octanol–water partition coefficient (Wildman–Crippen LogP) is 2.23. The number of hydrogen-bond acceptors (Lipinski definition) is 3. The molecule has 0 amide bonds. The number of rotatable bonds is 3. The molecule has 0 unspecified atom stereocenters. The molecule has 0 radical (unpaired) electrons. The van der Waals surface area contributed by atoms with E-state index in [4.69, 9.17) is 5.73 Å². The number of aromatic nitrogens is 1. The summed E-state index contributed by atoms with van der Waals surface area (Å²) in [6.07, 6.45) is 6.85. The van der Waals surface area contributed by atoms with Crippen LogP contribution in [0, 0.1) is 5.92 Å². The molecule has 0 spiro atoms. The highest BCUT2D eigenvalue weighted by Gasteiger charge is 2.17. The first-order valence-corrected chi connectivity index (χ1v) is 8.47. The van der Waals surface area contributed by atoms with Gasteiger partial charge in [-0.1, -0.05) is 6.92 Å². The molecule has 0 aromatic carbocycles. The second-order valence-corrected chi connectivity index (χ2v) is 6.56. The zero-order valence-electron chi connectivity index (χ0n) is 13.5. The lowest BCUT2D eigenvalue weighted by Crippen LogP contribution is -2.42. The third-order valence-electron chi connectivity index (χ3n) is 4.77. The van der Waals surface area contributed by atoms with Crippen LogP contribution in [-0.4, -0.2) is 42.0 Å². The molecule has 2 saturated heterocycles. The molecule has 3 heterocycles. The molecule has 0 aliphatic carbocycles. The quantitative estimate of drug-likeness (QED) is 0.687. The highest BCUT2D eigenvalue weighted by molar-refractivity contribution is 5.78. The molecule has 5 heteroatoms. The Morgan fingerprint density at radius 2 is 2.00 bits per heavy atom. The lowest BCUT2D eigenvalue weighted by molar-refractivity contribution is 0.277. The molecular formula is C17H27N5. The van der Waals surface area contributed by atoms with Gasteiger partial charge in [-0.2, -0.15) is 0 Å². The minimum Gasteiger partial charge on any atom is -0.370 e. The van der Waals surface area contributed by atoms with E-state index in [9.17, 15) is 0 Å². The number of guanidine groups is 1. The molecule has 5 nitrogen and oxygen atoms in total. The van der Waals surface area contributed by atoms with Gasteiger partial charge in [0.1, 0.15) is 5.82 Å². The molecule has 0 saturated carbocycles. The summed E-state index contributed by atoms with van der Waals surface area (Å²) in [5.41, 5.74) is 7.34. The molecule has 2 aliphatic heterocycles. The van der Waals surface area contributed by atoms with Crippen molar-refractivity contribution in [3.05, 3.63) is 23.9 Å². The van der Waals surface area contributed by atoms with Crippen LogP contribution in [0.2, 0.25) is 0 Å². The van der Waals surface area contributed by atoms with Gasteiger partial charge in [0.15, 0.2) is 5.96 Å². The van der Waals surface area contributed by atoms with Crippen molar-refractivity contribution in [2.75, 3.05) is 31.1 Å². The third kappa shape index (κ3) is 3.70. The Bertz CT molecular complexity index is 514. The Labute approximate surface area is 133 Å². The second-order valence-electron chi connectivity index (χ2n) is 6.56. The third-order valence-corrected chi connectivity index (χ3v) is 4.77. The molecule has 1 aromatic heterocycles. The molecule has 0 atom stereocenters. The Morgan fingerprint density at radius 3 is 2.73 bits per heavy atom. The normalized spacial score (nSPS) is 20.7. The summed E-state index contributed by atoms with van der Waals surface area (Å²) < 4.78 is 0. The first kappa shape index (κ1) is 15.1. The maximum atomic E-state index is 6.15. The van der Waals surface area contributed by atoms with Gasteiger partial charge < -0.3 is 15.5 Å². The molecule has 22 heavy (non-hydrogen) atoms. The van der Waals surface area contributed by atoms with Crippen LogP contribution in [0.5, 0.6) is 0 Å². The maximum Gasteiger partial charge on any atom is 0.191 e. The molecule has 120 valence electrons. The lowest BCUT2D eigenvalue weighted by Gasteiger charge is -2.31. The molecule has 0 bridgehead atoms. The van der Waals surface area contributed by atoms with Crippen LogP contribution < -0.4 is 10.6 Å². The van der Waals surface area contributed by atoms with Gasteiger partial charge in [-0.3, -0.25) is 0 Å². The van der Waals surface area contributed by atoms with Crippen molar-refractivity contribution in [3.63, 3.8) is 0 Å². The summed E-state index contributed by atoms with van der Waals surface area (Å²) in [5, 5.41) is 0. The van der Waals surface area contributed by atoms with E-state index in [1.54, 1.807) is 0 Å². The standard InChI is InChI=1S/C17H27N5/c1-14-5-10-22(11-6-14)17(18)20-13-15-4-7-19-16(12-15)21-8-2-3-9-21/h4,7,12,14H,2-3,5-6,8-11,13H2,1H3,(H2,18,20). The summed E-state index contributed by atoms with van der Waals surface area (Å²) in [6, 6.07) is 4.19. The van der Waals surface area contributed by atoms with Crippen molar-refractivity contribution < 1.29 is 0 Å². The molecule has 1 aromatic rings. The summed E-state index contributed by atoms with van der Waals surface area (Å²) in [5.74, 6) is 2.58. The zero-order valence-corrected chi connectivity index (χ0v) is 13.5. The van der Waals surface area contributed by atoms with E-state index in [0.717, 1.165) is 37.9 Å². The van der Waals surface area contributed by atoms with E-state index in [2.05, 4.69) is 32.8 Å². The van der Waals surface area contributed by atoms with Crippen LogP contribution in [0.4, 0.5) is 5.82 Å². The van der Waals surface area contributed by atoms with E-state index in [0.29, 0.717) is 12.5 Å². The van der Waals surface area contributed by atoms with Gasteiger partial charge in [0.2, 0.25) is 0 Å². The fourth-order valence-electron chi connectivity index (χ4n) is 3.19. The van der Waals surface area contributed by atoms with Crippen LogP contribution in [0.1, 0.15) is 38.2 Å². The Hall–Kier alpha value is -1.78. The average Bonchev–Trinajstić information content (AvgIpc) is 3.08. The Kier molecular flexibility index (Phi) is 4.80. The first-order chi connectivity index (χ1) is 10.7. The monoisotopic (exact) mass is 301 g/mol. The van der Waals surface area contributed by atoms with Gasteiger partial charge in [0, 0.05) is 32.4 Å². The highest BCUT2D eigenvalue weighted by atomic mass is 15.3. The van der Waals surface area contributed by atoms with E-state index in [1.165, 1.54) is 31.2 Å². The minimum atomic E-state index is 0.640. The number of pyridine rings is 1. The van der Waals surface area contributed by atoms with Gasteiger partial charge in [0.05, 0.1) is 6.54 Å². The van der Waals surface area contributed by atoms with Crippen molar-refractivity contribution in [1.82, 2.24) is 9.88 Å². The van der Waals surface area contributed by atoms with Crippen LogP contribution in [0.25, 0.3) is 0 Å². The largest absolute Gasteiger partial charge is 0.370 e. The first-order valence-electron chi connectivity index (χ1n) is 8.47. The number of nitrogens with two attached hydrogens (primary N) is 1. The van der Waals surface area contributed by atoms with Gasteiger partial charge in [-0.25, -0.2) is 9.98 Å². The highest BCUT2D eigenvalue weighted by Crippen LogP contribution is 2.19. The van der Waals surface area contributed by atoms with Crippen molar-refractivity contribution in [2.45, 2.75) is 39.2 Å². The van der Waals surface area contributed by atoms with E-state index in [-0.39, 0.29) is 0 Å². The van der Waals surface area contributed by atoms with Crippen molar-refractivity contribution in [2.24, 2.45) is 16.6 Å². The van der Waals surface area contributed by atoms with E-state index < -0.39 is 0 Å². The van der Waals surface area contributed by atoms with Gasteiger partial charge >= 0.3 is 0 Å². The van der Waals surface area contributed by atoms with Crippen LogP contribution in [0.15, 0.2) is 23.3 Å². The summed E-state index contributed by atoms with van der Waals surface area (Å²) >= 11 is 0. The topological polar surface area (TPSA) is 57.8 Å². The maximum absolute atomic E-state index is 6.15. The molecule has 2 fully saturated rings. The number of nitrogens with zero attached hydrogens (tertiary/aromatic N) is 4. The Morgan fingerprint density at radius 1 is 1.27 bits per heavy atom. The van der Waals surface area contributed by atoms with E-state index in [1.807, 2.05) is 12.3 Å². The lowest BCUT2D eigenvalue weighted by atomic mass is 10.00. The van der Waals surface area contributed by atoms with Crippen LogP contribution >= 0.6 is 0 Å². The van der Waals surface area contributed by atoms with Crippen LogP contribution in [0.3, 0.4) is 0 Å². The average molecular weight is 301 g/mol. The second kappa shape index (κ2) is 6.99. The Balaban J connectivity index is 1.60. The molecule has 3 rings (SSSR count). The molecule has 2 aliphatic rings. The fourth-order valence-corrected chi connectivity index (χ4v) is 3.19. The number of hydrogen-bond donors (Lipinski definition) is 1. The number of piperidine rings is 1. The van der Waals surface area contributed by atoms with Gasteiger partial charge in [-0.05, 0) is 49.3 Å². The van der Waals surface area contributed by atoms with Gasteiger partial charge in [0.25, 0.3) is 0 Å². The SMILES string of the molecule is CC1CCN(C(N)=NCc2ccnc(N3CCCC3)c2)CC1.